The van der Waals surface area contributed by atoms with Crippen LogP contribution < -0.4 is 15.2 Å². The highest BCUT2D eigenvalue weighted by Gasteiger charge is 2.19. The molecule has 0 radical (unpaired) electrons. The Morgan fingerprint density at radius 3 is 2.62 bits per heavy atom. The van der Waals surface area contributed by atoms with Crippen molar-refractivity contribution in [2.24, 2.45) is 5.14 Å². The minimum absolute atomic E-state index is 0.0117. The molecule has 1 amide bonds. The smallest absolute Gasteiger partial charge is 0.258 e. The number of aliphatic hydroxyl groups is 1. The van der Waals surface area contributed by atoms with Crippen LogP contribution in [0.3, 0.4) is 0 Å². The molecule has 1 unspecified atom stereocenters. The Balaban J connectivity index is 1.43. The van der Waals surface area contributed by atoms with Crippen molar-refractivity contribution < 1.29 is 23.1 Å². The molecule has 1 aliphatic rings. The fraction of sp³-hybridized carbons (Fsp3) is 0.350. The molecule has 8 nitrogen and oxygen atoms in total. The van der Waals surface area contributed by atoms with Crippen LogP contribution in [0.15, 0.2) is 53.4 Å². The molecule has 1 aliphatic heterocycles. The lowest BCUT2D eigenvalue weighted by Gasteiger charge is -2.30. The minimum atomic E-state index is -3.95. The summed E-state index contributed by atoms with van der Waals surface area (Å²) in [6.07, 6.45) is 0.216. The number of hydrogen-bond acceptors (Lipinski definition) is 6. The molecule has 9 heteroatoms. The molecule has 4 N–H and O–H groups in total. The Kier molecular flexibility index (Phi) is 6.86. The van der Waals surface area contributed by atoms with Crippen LogP contribution in [0.4, 0.5) is 0 Å². The topological polar surface area (TPSA) is 122 Å². The monoisotopic (exact) mass is 419 g/mol. The lowest BCUT2D eigenvalue weighted by atomic mass is 10.00. The molecule has 0 spiro atoms. The van der Waals surface area contributed by atoms with Gasteiger partial charge >= 0.3 is 0 Å². The number of rotatable bonds is 8. The summed E-state index contributed by atoms with van der Waals surface area (Å²) in [4.78, 5) is 14.0. The van der Waals surface area contributed by atoms with E-state index in [-0.39, 0.29) is 23.8 Å². The molecule has 1 heterocycles. The lowest BCUT2D eigenvalue weighted by molar-refractivity contribution is -0.123. The van der Waals surface area contributed by atoms with E-state index in [1.807, 2.05) is 12.1 Å². The summed E-state index contributed by atoms with van der Waals surface area (Å²) in [5, 5.41) is 18.0. The summed E-state index contributed by atoms with van der Waals surface area (Å²) >= 11 is 0. The van der Waals surface area contributed by atoms with Crippen molar-refractivity contribution in [2.75, 3.05) is 26.2 Å². The highest BCUT2D eigenvalue weighted by atomic mass is 32.2. The summed E-state index contributed by atoms with van der Waals surface area (Å²) in [5.74, 6) is -0.449. The van der Waals surface area contributed by atoms with Crippen LogP contribution in [0.25, 0.3) is 0 Å². The van der Waals surface area contributed by atoms with Gasteiger partial charge in [0.1, 0.15) is 10.6 Å². The Morgan fingerprint density at radius 2 is 1.86 bits per heavy atom. The summed E-state index contributed by atoms with van der Waals surface area (Å²) in [7, 11) is -3.95. The van der Waals surface area contributed by atoms with Gasteiger partial charge in [0.05, 0.1) is 6.10 Å². The second-order valence-electron chi connectivity index (χ2n) is 6.99. The SMILES string of the molecule is NS(=O)(=O)c1ccccc1OCC(=O)NCC(O)CN1CCc2ccccc2C1. The number of hydrogen-bond donors (Lipinski definition) is 3. The quantitative estimate of drug-likeness (QED) is 0.564. The molecule has 0 aromatic heterocycles. The van der Waals surface area contributed by atoms with E-state index in [0.29, 0.717) is 6.54 Å². The number of sulfonamides is 1. The van der Waals surface area contributed by atoms with E-state index < -0.39 is 22.0 Å². The standard InChI is InChI=1S/C20H25N3O5S/c21-29(26,27)19-8-4-3-7-18(19)28-14-20(25)22-11-17(24)13-23-10-9-15-5-1-2-6-16(15)12-23/h1-8,17,24H,9-14H2,(H,22,25)(H2,21,26,27). The number of carbonyl (C=O) groups excluding carboxylic acids is 1. The molecule has 156 valence electrons. The Bertz CT molecular complexity index is 964. The zero-order valence-corrected chi connectivity index (χ0v) is 16.8. The predicted octanol–water partition coefficient (Wildman–Crippen LogP) is 0.248. The second kappa shape index (κ2) is 9.36. The highest BCUT2D eigenvalue weighted by molar-refractivity contribution is 7.89. The number of nitrogens with two attached hydrogens (primary N) is 1. The predicted molar refractivity (Wildman–Crippen MR) is 108 cm³/mol. The van der Waals surface area contributed by atoms with Gasteiger partial charge in [-0.2, -0.15) is 0 Å². The molecule has 2 aromatic rings. The maximum atomic E-state index is 12.0. The van der Waals surface area contributed by atoms with Gasteiger partial charge in [-0.1, -0.05) is 36.4 Å². The summed E-state index contributed by atoms with van der Waals surface area (Å²) in [5.41, 5.74) is 2.60. The summed E-state index contributed by atoms with van der Waals surface area (Å²) < 4.78 is 28.4. The average Bonchev–Trinajstić information content (AvgIpc) is 2.70. The fourth-order valence-corrected chi connectivity index (χ4v) is 3.98. The highest BCUT2D eigenvalue weighted by Crippen LogP contribution is 2.21. The molecule has 0 fully saturated rings. The fourth-order valence-electron chi connectivity index (χ4n) is 3.30. The number of primary sulfonamides is 1. The molecule has 29 heavy (non-hydrogen) atoms. The number of benzene rings is 2. The van der Waals surface area contributed by atoms with Gasteiger partial charge in [-0.25, -0.2) is 13.6 Å². The van der Waals surface area contributed by atoms with Crippen LogP contribution >= 0.6 is 0 Å². The number of fused-ring (bicyclic) bond motifs is 1. The van der Waals surface area contributed by atoms with Gasteiger partial charge in [0.25, 0.3) is 5.91 Å². The minimum Gasteiger partial charge on any atom is -0.482 e. The number of carbonyl (C=O) groups is 1. The number of ether oxygens (including phenoxy) is 1. The Morgan fingerprint density at radius 1 is 1.17 bits per heavy atom. The zero-order chi connectivity index (χ0) is 20.9. The zero-order valence-electron chi connectivity index (χ0n) is 16.0. The largest absolute Gasteiger partial charge is 0.482 e. The molecule has 1 atom stereocenters. The van der Waals surface area contributed by atoms with Crippen molar-refractivity contribution in [3.05, 3.63) is 59.7 Å². The molecule has 2 aromatic carbocycles. The maximum absolute atomic E-state index is 12.0. The number of nitrogens with zero attached hydrogens (tertiary/aromatic N) is 1. The number of nitrogens with one attached hydrogen (secondary N) is 1. The molecule has 0 saturated heterocycles. The summed E-state index contributed by atoms with van der Waals surface area (Å²) in [6.45, 7) is 1.78. The Hall–Kier alpha value is -2.46. The molecule has 0 aliphatic carbocycles. The van der Waals surface area contributed by atoms with E-state index in [1.165, 1.54) is 29.3 Å². The van der Waals surface area contributed by atoms with Gasteiger partial charge in [-0.05, 0) is 29.7 Å². The van der Waals surface area contributed by atoms with E-state index in [0.717, 1.165) is 19.5 Å². The first-order valence-corrected chi connectivity index (χ1v) is 10.9. The van der Waals surface area contributed by atoms with Crippen molar-refractivity contribution in [2.45, 2.75) is 24.0 Å². The Labute approximate surface area is 170 Å². The third kappa shape index (κ3) is 6.01. The molecule has 0 saturated carbocycles. The average molecular weight is 420 g/mol. The van der Waals surface area contributed by atoms with Crippen molar-refractivity contribution in [1.29, 1.82) is 0 Å². The van der Waals surface area contributed by atoms with E-state index in [2.05, 4.69) is 22.3 Å². The number of aliphatic hydroxyl groups excluding tert-OH is 1. The third-order valence-corrected chi connectivity index (χ3v) is 5.68. The van der Waals surface area contributed by atoms with Crippen LogP contribution in [0.2, 0.25) is 0 Å². The van der Waals surface area contributed by atoms with Crippen molar-refractivity contribution in [3.8, 4) is 5.75 Å². The van der Waals surface area contributed by atoms with Crippen LogP contribution in [0, 0.1) is 0 Å². The van der Waals surface area contributed by atoms with E-state index >= 15 is 0 Å². The van der Waals surface area contributed by atoms with Gasteiger partial charge in [-0.3, -0.25) is 9.69 Å². The van der Waals surface area contributed by atoms with Gasteiger partial charge in [0, 0.05) is 26.2 Å². The van der Waals surface area contributed by atoms with Gasteiger partial charge in [0.15, 0.2) is 6.61 Å². The van der Waals surface area contributed by atoms with E-state index in [9.17, 15) is 18.3 Å². The molecule has 3 rings (SSSR count). The normalized spacial score (nSPS) is 15.4. The van der Waals surface area contributed by atoms with Gasteiger partial charge in [-0.15, -0.1) is 0 Å². The van der Waals surface area contributed by atoms with Gasteiger partial charge in [0.2, 0.25) is 10.0 Å². The van der Waals surface area contributed by atoms with E-state index in [1.54, 1.807) is 6.07 Å². The van der Waals surface area contributed by atoms with Crippen LogP contribution in [0.5, 0.6) is 5.75 Å². The lowest BCUT2D eigenvalue weighted by Crippen LogP contribution is -2.42. The number of amides is 1. The van der Waals surface area contributed by atoms with Crippen molar-refractivity contribution >= 4 is 15.9 Å². The second-order valence-corrected chi connectivity index (χ2v) is 8.52. The first-order chi connectivity index (χ1) is 13.8. The maximum Gasteiger partial charge on any atom is 0.258 e. The summed E-state index contributed by atoms with van der Waals surface area (Å²) in [6, 6.07) is 14.1. The van der Waals surface area contributed by atoms with Crippen LogP contribution in [-0.2, 0) is 27.8 Å². The third-order valence-electron chi connectivity index (χ3n) is 4.73. The van der Waals surface area contributed by atoms with Gasteiger partial charge < -0.3 is 15.2 Å². The van der Waals surface area contributed by atoms with E-state index in [4.69, 9.17) is 9.88 Å². The number of β-amino-alcohol motifs (C(OH)–C–C–N with tert-alkyl or cyclic N) is 1. The van der Waals surface area contributed by atoms with Crippen LogP contribution in [-0.4, -0.2) is 56.7 Å². The molecular weight excluding hydrogens is 394 g/mol. The number of para-hydroxylation sites is 1. The molecular formula is C20H25N3O5S. The first-order valence-electron chi connectivity index (χ1n) is 9.31. The van der Waals surface area contributed by atoms with Crippen molar-refractivity contribution in [1.82, 2.24) is 10.2 Å². The first kappa shape index (κ1) is 21.3. The van der Waals surface area contributed by atoms with Crippen molar-refractivity contribution in [3.63, 3.8) is 0 Å². The molecule has 0 bridgehead atoms. The van der Waals surface area contributed by atoms with Crippen LogP contribution in [0.1, 0.15) is 11.1 Å².